The van der Waals surface area contributed by atoms with E-state index in [0.29, 0.717) is 0 Å². The second-order valence-corrected chi connectivity index (χ2v) is 6.81. The largest absolute Gasteiger partial charge is 0.394 e. The zero-order valence-electron chi connectivity index (χ0n) is 12.0. The van der Waals surface area contributed by atoms with Crippen molar-refractivity contribution in [3.8, 4) is 0 Å². The Balaban J connectivity index is 2.11. The summed E-state index contributed by atoms with van der Waals surface area (Å²) in [6.45, 7) is -1.17. The first kappa shape index (κ1) is 19.3. The molecule has 0 bridgehead atoms. The lowest BCUT2D eigenvalue weighted by Gasteiger charge is -2.44. The molecule has 0 aromatic heterocycles. The van der Waals surface area contributed by atoms with Gasteiger partial charge in [-0.15, -0.1) is 11.8 Å². The van der Waals surface area contributed by atoms with Gasteiger partial charge in [-0.1, -0.05) is 0 Å². The van der Waals surface area contributed by atoms with Crippen LogP contribution in [-0.4, -0.2) is 114 Å². The summed E-state index contributed by atoms with van der Waals surface area (Å²) in [5.74, 6) is 0. The smallest absolute Gasteiger partial charge is 0.183 e. The highest BCUT2D eigenvalue weighted by atomic mass is 32.2. The fourth-order valence-corrected chi connectivity index (χ4v) is 4.06. The van der Waals surface area contributed by atoms with Crippen LogP contribution < -0.4 is 0 Å². The van der Waals surface area contributed by atoms with Crippen LogP contribution in [0.15, 0.2) is 0 Å². The van der Waals surface area contributed by atoms with Crippen molar-refractivity contribution >= 4 is 11.8 Å². The molecule has 0 saturated carbocycles. The van der Waals surface area contributed by atoms with Crippen LogP contribution in [0.5, 0.6) is 0 Å². The minimum absolute atomic E-state index is 0.573. The van der Waals surface area contributed by atoms with Gasteiger partial charge in [0.15, 0.2) is 6.29 Å². The first-order valence-corrected chi connectivity index (χ1v) is 8.02. The van der Waals surface area contributed by atoms with Gasteiger partial charge in [-0.25, -0.2) is 0 Å². The van der Waals surface area contributed by atoms with Crippen molar-refractivity contribution in [2.75, 3.05) is 13.2 Å². The Morgan fingerprint density at radius 3 is 1.83 bits per heavy atom. The first-order chi connectivity index (χ1) is 10.8. The molecule has 0 unspecified atom stereocenters. The van der Waals surface area contributed by atoms with Crippen LogP contribution in [0.3, 0.4) is 0 Å². The molecule has 8 N–H and O–H groups in total. The van der Waals surface area contributed by atoms with Crippen LogP contribution in [0, 0.1) is 0 Å². The van der Waals surface area contributed by atoms with Gasteiger partial charge in [0.2, 0.25) is 0 Å². The summed E-state index contributed by atoms with van der Waals surface area (Å²) in [4.78, 5) is 0. The summed E-state index contributed by atoms with van der Waals surface area (Å²) in [7, 11) is 0. The Bertz CT molecular complexity index is 383. The number of hydrogen-bond acceptors (Lipinski definition) is 11. The van der Waals surface area contributed by atoms with Gasteiger partial charge in [-0.05, 0) is 0 Å². The van der Waals surface area contributed by atoms with Crippen LogP contribution in [-0.2, 0) is 9.47 Å². The van der Waals surface area contributed by atoms with Crippen molar-refractivity contribution in [3.63, 3.8) is 0 Å². The molecule has 2 heterocycles. The molecule has 0 spiro atoms. The van der Waals surface area contributed by atoms with Crippen LogP contribution in [0.4, 0.5) is 0 Å². The molecule has 0 amide bonds. The summed E-state index contributed by atoms with van der Waals surface area (Å²) in [5, 5.41) is 76.0. The molecule has 0 aliphatic carbocycles. The highest BCUT2D eigenvalue weighted by molar-refractivity contribution is 8.00. The van der Waals surface area contributed by atoms with Gasteiger partial charge in [0.05, 0.1) is 30.7 Å². The molecule has 2 aliphatic heterocycles. The minimum Gasteiger partial charge on any atom is -0.394 e. The van der Waals surface area contributed by atoms with Crippen molar-refractivity contribution in [2.24, 2.45) is 0 Å². The molecule has 11 heteroatoms. The Hall–Kier alpha value is -0.0500. The van der Waals surface area contributed by atoms with Gasteiger partial charge in [-0.2, -0.15) is 0 Å². The molecule has 2 saturated heterocycles. The molecule has 23 heavy (non-hydrogen) atoms. The van der Waals surface area contributed by atoms with Crippen molar-refractivity contribution in [1.29, 1.82) is 0 Å². The van der Waals surface area contributed by atoms with E-state index in [0.717, 1.165) is 11.8 Å². The number of ether oxygens (including phenoxy) is 2. The third-order valence-electron chi connectivity index (χ3n) is 3.98. The van der Waals surface area contributed by atoms with Crippen molar-refractivity contribution in [2.45, 2.75) is 59.7 Å². The van der Waals surface area contributed by atoms with Gasteiger partial charge in [-0.3, -0.25) is 0 Å². The van der Waals surface area contributed by atoms with Crippen LogP contribution in [0.2, 0.25) is 0 Å². The maximum absolute atomic E-state index is 10.0. The zero-order valence-corrected chi connectivity index (χ0v) is 12.8. The number of rotatable bonds is 4. The third-order valence-corrected chi connectivity index (χ3v) is 5.53. The van der Waals surface area contributed by atoms with Crippen LogP contribution >= 0.6 is 11.8 Å². The highest BCUT2D eigenvalue weighted by Crippen LogP contribution is 2.37. The third kappa shape index (κ3) is 3.80. The highest BCUT2D eigenvalue weighted by Gasteiger charge is 2.49. The average Bonchev–Trinajstić information content (AvgIpc) is 2.55. The second kappa shape index (κ2) is 7.89. The lowest BCUT2D eigenvalue weighted by Crippen LogP contribution is -2.61. The quantitative estimate of drug-likeness (QED) is 0.242. The van der Waals surface area contributed by atoms with E-state index in [2.05, 4.69) is 0 Å². The number of hydrogen-bond donors (Lipinski definition) is 8. The zero-order chi connectivity index (χ0) is 17.3. The van der Waals surface area contributed by atoms with E-state index in [9.17, 15) is 35.7 Å². The molecule has 2 aliphatic rings. The lowest BCUT2D eigenvalue weighted by atomic mass is 10.0. The summed E-state index contributed by atoms with van der Waals surface area (Å²) in [5.41, 5.74) is -1.16. The van der Waals surface area contributed by atoms with E-state index in [1.54, 1.807) is 0 Å². The Morgan fingerprint density at radius 1 is 0.652 bits per heavy atom. The molecule has 2 rings (SSSR count). The number of aliphatic hydroxyl groups excluding tert-OH is 8. The minimum atomic E-state index is -1.67. The van der Waals surface area contributed by atoms with E-state index < -0.39 is 72.9 Å². The second-order valence-electron chi connectivity index (χ2n) is 5.53. The summed E-state index contributed by atoms with van der Waals surface area (Å²) in [6, 6.07) is 0. The van der Waals surface area contributed by atoms with Crippen LogP contribution in [0.1, 0.15) is 0 Å². The average molecular weight is 358 g/mol. The monoisotopic (exact) mass is 358 g/mol. The molecule has 2 fully saturated rings. The lowest BCUT2D eigenvalue weighted by molar-refractivity contribution is -0.249. The number of aliphatic hydroxyl groups is 8. The first-order valence-electron chi connectivity index (χ1n) is 7.08. The Morgan fingerprint density at radius 2 is 1.26 bits per heavy atom. The molecular formula is C12H22O10S. The van der Waals surface area contributed by atoms with E-state index in [-0.39, 0.29) is 0 Å². The van der Waals surface area contributed by atoms with Crippen molar-refractivity contribution in [3.05, 3.63) is 0 Å². The topological polar surface area (TPSA) is 180 Å². The molecule has 0 aromatic carbocycles. The Kier molecular flexibility index (Phi) is 6.61. The van der Waals surface area contributed by atoms with E-state index >= 15 is 0 Å². The summed E-state index contributed by atoms with van der Waals surface area (Å²) >= 11 is 0.761. The van der Waals surface area contributed by atoms with Crippen LogP contribution in [0.25, 0.3) is 0 Å². The van der Waals surface area contributed by atoms with Gasteiger partial charge >= 0.3 is 0 Å². The van der Waals surface area contributed by atoms with Gasteiger partial charge in [0.1, 0.15) is 36.0 Å². The normalized spacial score (nSPS) is 51.7. The number of thioether (sulfide) groups is 1. The fraction of sp³-hybridized carbons (Fsp3) is 1.00. The molecule has 10 nitrogen and oxygen atoms in total. The van der Waals surface area contributed by atoms with Gasteiger partial charge in [0, 0.05) is 0 Å². The summed E-state index contributed by atoms with van der Waals surface area (Å²) < 4.78 is 10.3. The van der Waals surface area contributed by atoms with E-state index in [1.165, 1.54) is 0 Å². The molecule has 10 atom stereocenters. The maximum Gasteiger partial charge on any atom is 0.183 e. The standard InChI is InChI=1S/C12H22O10S/c13-1-3-5(15)6(16)9(19)12(22-3)23-10-4(2-14)21-11(20)8(18)7(10)17/h3-20H,1-2H2/t3-,4-,5-,6+,7-,8-,9-,10-,11+,12+/m1/s1. The van der Waals surface area contributed by atoms with Gasteiger partial charge < -0.3 is 50.3 Å². The predicted octanol–water partition coefficient (Wildman–Crippen LogP) is -4.68. The maximum atomic E-state index is 10.0. The Labute approximate surface area is 135 Å². The predicted molar refractivity (Wildman–Crippen MR) is 75.1 cm³/mol. The van der Waals surface area contributed by atoms with Gasteiger partial charge in [0.25, 0.3) is 0 Å². The summed E-state index contributed by atoms with van der Waals surface area (Å²) in [6.07, 6.45) is -11.6. The molecule has 0 radical (unpaired) electrons. The van der Waals surface area contributed by atoms with E-state index in [1.807, 2.05) is 0 Å². The molecule has 0 aromatic rings. The fourth-order valence-electron chi connectivity index (χ4n) is 2.57. The van der Waals surface area contributed by atoms with Crippen molar-refractivity contribution in [1.82, 2.24) is 0 Å². The molecular weight excluding hydrogens is 336 g/mol. The van der Waals surface area contributed by atoms with E-state index in [4.69, 9.17) is 14.6 Å². The SMILES string of the molecule is OC[C@H]1O[C@@H](S[C@H]2[C@H](O)[C@@H](O)[C@@H](O)O[C@@H]2CO)[C@H](O)[C@@H](O)[C@@H]1O. The molecule has 136 valence electrons. The van der Waals surface area contributed by atoms with Crippen molar-refractivity contribution < 1.29 is 50.3 Å².